The molecule has 0 spiro atoms. The molecule has 3 rings (SSSR count). The molecule has 2 aromatic rings. The van der Waals surface area contributed by atoms with Crippen molar-refractivity contribution in [3.63, 3.8) is 0 Å². The Morgan fingerprint density at radius 3 is 2.42 bits per heavy atom. The summed E-state index contributed by atoms with van der Waals surface area (Å²) >= 11 is 0. The van der Waals surface area contributed by atoms with Gasteiger partial charge in [0.1, 0.15) is 18.4 Å². The van der Waals surface area contributed by atoms with Crippen LogP contribution < -0.4 is 10.1 Å². The van der Waals surface area contributed by atoms with Crippen molar-refractivity contribution in [2.75, 3.05) is 24.6 Å². The molecule has 0 aliphatic carbocycles. The molecule has 0 saturated carbocycles. The zero-order chi connectivity index (χ0) is 22.6. The smallest absolute Gasteiger partial charge is 0.251 e. The fraction of sp³-hybridized carbons (Fsp3) is 0.409. The third-order valence-corrected chi connectivity index (χ3v) is 6.81. The summed E-state index contributed by atoms with van der Waals surface area (Å²) in [7, 11) is -3.07. The third kappa shape index (κ3) is 5.81. The lowest BCUT2D eigenvalue weighted by atomic mass is 10.0. The Morgan fingerprint density at radius 1 is 1.19 bits per heavy atom. The van der Waals surface area contributed by atoms with Crippen LogP contribution >= 0.6 is 0 Å². The van der Waals surface area contributed by atoms with Crippen LogP contribution in [-0.2, 0) is 21.2 Å². The molecule has 0 radical (unpaired) electrons. The van der Waals surface area contributed by atoms with Gasteiger partial charge in [0.15, 0.2) is 9.84 Å². The van der Waals surface area contributed by atoms with Crippen LogP contribution in [-0.4, -0.2) is 60.8 Å². The maximum atomic E-state index is 12.7. The molecule has 1 fully saturated rings. The maximum absolute atomic E-state index is 12.7. The van der Waals surface area contributed by atoms with Crippen molar-refractivity contribution in [3.8, 4) is 5.75 Å². The molecule has 1 atom stereocenters. The van der Waals surface area contributed by atoms with E-state index in [4.69, 9.17) is 4.74 Å². The van der Waals surface area contributed by atoms with E-state index in [2.05, 4.69) is 10.3 Å². The number of aryl methyl sites for hydroxylation is 2. The van der Waals surface area contributed by atoms with Gasteiger partial charge in [-0.15, -0.1) is 0 Å². The van der Waals surface area contributed by atoms with Gasteiger partial charge in [-0.2, -0.15) is 0 Å². The molecule has 2 heterocycles. The molecule has 9 heteroatoms. The van der Waals surface area contributed by atoms with E-state index in [1.165, 1.54) is 4.90 Å². The summed E-state index contributed by atoms with van der Waals surface area (Å²) in [5.74, 6) is -0.0287. The summed E-state index contributed by atoms with van der Waals surface area (Å²) in [4.78, 5) is 30.8. The van der Waals surface area contributed by atoms with Crippen LogP contribution in [0.4, 0.5) is 0 Å². The van der Waals surface area contributed by atoms with Gasteiger partial charge in [0, 0.05) is 36.6 Å². The van der Waals surface area contributed by atoms with Crippen LogP contribution in [0.2, 0.25) is 0 Å². The van der Waals surface area contributed by atoms with E-state index in [0.29, 0.717) is 17.9 Å². The van der Waals surface area contributed by atoms with Crippen molar-refractivity contribution in [2.24, 2.45) is 0 Å². The highest BCUT2D eigenvalue weighted by Gasteiger charge is 2.28. The lowest BCUT2D eigenvalue weighted by molar-refractivity contribution is -0.132. The normalized spacial score (nSPS) is 16.4. The van der Waals surface area contributed by atoms with Crippen LogP contribution in [0.15, 0.2) is 36.7 Å². The second-order valence-corrected chi connectivity index (χ2v) is 10.1. The molecule has 31 heavy (non-hydrogen) atoms. The first kappa shape index (κ1) is 22.7. The van der Waals surface area contributed by atoms with E-state index in [1.807, 2.05) is 26.0 Å². The van der Waals surface area contributed by atoms with E-state index >= 15 is 0 Å². The van der Waals surface area contributed by atoms with Crippen molar-refractivity contribution in [1.29, 1.82) is 0 Å². The number of pyridine rings is 1. The number of hydrogen-bond acceptors (Lipinski definition) is 6. The molecule has 2 amide bonds. The lowest BCUT2D eigenvalue weighted by Crippen LogP contribution is -2.51. The van der Waals surface area contributed by atoms with Crippen LogP contribution in [0.3, 0.4) is 0 Å². The van der Waals surface area contributed by atoms with E-state index in [9.17, 15) is 18.0 Å². The quantitative estimate of drug-likeness (QED) is 0.725. The minimum absolute atomic E-state index is 0.0434. The van der Waals surface area contributed by atoms with Gasteiger partial charge in [-0.1, -0.05) is 6.07 Å². The first-order valence-corrected chi connectivity index (χ1v) is 11.9. The monoisotopic (exact) mass is 445 g/mol. The number of hydrogen-bond donors (Lipinski definition) is 1. The summed E-state index contributed by atoms with van der Waals surface area (Å²) in [6.07, 6.45) is 3.44. The fourth-order valence-electron chi connectivity index (χ4n) is 3.50. The van der Waals surface area contributed by atoms with Crippen molar-refractivity contribution in [2.45, 2.75) is 33.4 Å². The Balaban J connectivity index is 1.62. The maximum Gasteiger partial charge on any atom is 0.251 e. The topological polar surface area (TPSA) is 106 Å². The van der Waals surface area contributed by atoms with Gasteiger partial charge in [0.25, 0.3) is 5.91 Å². The predicted molar refractivity (Wildman–Crippen MR) is 117 cm³/mol. The van der Waals surface area contributed by atoms with Gasteiger partial charge in [-0.05, 0) is 50.1 Å². The summed E-state index contributed by atoms with van der Waals surface area (Å²) in [5, 5.41) is 2.72. The van der Waals surface area contributed by atoms with Crippen molar-refractivity contribution in [3.05, 3.63) is 58.9 Å². The van der Waals surface area contributed by atoms with Gasteiger partial charge in [-0.25, -0.2) is 8.42 Å². The van der Waals surface area contributed by atoms with Crippen molar-refractivity contribution < 1.29 is 22.7 Å². The molecule has 1 N–H and O–H groups in total. The minimum atomic E-state index is -3.07. The van der Waals surface area contributed by atoms with E-state index in [0.717, 1.165) is 16.7 Å². The average molecular weight is 446 g/mol. The molecule has 1 aliphatic rings. The first-order valence-electron chi connectivity index (χ1n) is 10.1. The number of nitrogens with one attached hydrogen (secondary N) is 1. The third-order valence-electron chi connectivity index (χ3n) is 5.20. The summed E-state index contributed by atoms with van der Waals surface area (Å²) in [6, 6.07) is 6.47. The van der Waals surface area contributed by atoms with Crippen molar-refractivity contribution >= 4 is 21.7 Å². The Bertz CT molecular complexity index is 1030. The Kier molecular flexibility index (Phi) is 6.94. The Morgan fingerprint density at radius 2 is 1.84 bits per heavy atom. The van der Waals surface area contributed by atoms with Gasteiger partial charge >= 0.3 is 0 Å². The van der Waals surface area contributed by atoms with Gasteiger partial charge in [0.2, 0.25) is 5.91 Å². The summed E-state index contributed by atoms with van der Waals surface area (Å²) < 4.78 is 29.0. The van der Waals surface area contributed by atoms with E-state index in [-0.39, 0.29) is 36.4 Å². The summed E-state index contributed by atoms with van der Waals surface area (Å²) in [5.41, 5.74) is 3.01. The highest BCUT2D eigenvalue weighted by atomic mass is 32.2. The molecule has 1 aromatic carbocycles. The molecular formula is C22H27N3O5S. The number of ether oxygens (including phenoxy) is 1. The van der Waals surface area contributed by atoms with Crippen molar-refractivity contribution in [1.82, 2.24) is 15.2 Å². The molecule has 1 aliphatic heterocycles. The fourth-order valence-corrected chi connectivity index (χ4v) is 4.70. The highest BCUT2D eigenvalue weighted by Crippen LogP contribution is 2.26. The number of carbonyl (C=O) groups is 2. The van der Waals surface area contributed by atoms with Gasteiger partial charge in [0.05, 0.1) is 11.5 Å². The van der Waals surface area contributed by atoms with E-state index in [1.54, 1.807) is 31.5 Å². The SMILES string of the molecule is Cc1cc(C(=O)NC(C)C(=O)N2CCS(=O)(=O)CC2)cc(C)c1OCc1cccnc1. The molecule has 0 bridgehead atoms. The molecule has 1 saturated heterocycles. The number of nitrogens with zero attached hydrogens (tertiary/aromatic N) is 2. The minimum Gasteiger partial charge on any atom is -0.488 e. The second-order valence-electron chi connectivity index (χ2n) is 7.76. The second kappa shape index (κ2) is 9.47. The molecular weight excluding hydrogens is 418 g/mol. The number of benzene rings is 1. The van der Waals surface area contributed by atoms with Gasteiger partial charge in [-0.3, -0.25) is 14.6 Å². The predicted octanol–water partition coefficient (Wildman–Crippen LogP) is 1.65. The zero-order valence-electron chi connectivity index (χ0n) is 17.9. The van der Waals surface area contributed by atoms with Crippen LogP contribution in [0, 0.1) is 13.8 Å². The molecule has 1 aromatic heterocycles. The molecule has 1 unspecified atom stereocenters. The van der Waals surface area contributed by atoms with Crippen LogP contribution in [0.25, 0.3) is 0 Å². The number of rotatable bonds is 6. The van der Waals surface area contributed by atoms with E-state index < -0.39 is 15.9 Å². The lowest BCUT2D eigenvalue weighted by Gasteiger charge is -2.29. The molecule has 8 nitrogen and oxygen atoms in total. The van der Waals surface area contributed by atoms with Crippen LogP contribution in [0.5, 0.6) is 5.75 Å². The highest BCUT2D eigenvalue weighted by molar-refractivity contribution is 7.91. The number of sulfone groups is 1. The first-order chi connectivity index (χ1) is 14.7. The van der Waals surface area contributed by atoms with Gasteiger partial charge < -0.3 is 15.0 Å². The Hall–Kier alpha value is -2.94. The number of aromatic nitrogens is 1. The Labute approximate surface area is 182 Å². The summed E-state index contributed by atoms with van der Waals surface area (Å²) in [6.45, 7) is 6.02. The zero-order valence-corrected chi connectivity index (χ0v) is 18.7. The number of amides is 2. The average Bonchev–Trinajstić information content (AvgIpc) is 2.73. The van der Waals surface area contributed by atoms with Crippen LogP contribution in [0.1, 0.15) is 34.0 Å². The standard InChI is InChI=1S/C22H27N3O5S/c1-15-11-19(12-16(2)20(15)30-14-18-5-4-6-23-13-18)21(26)24-17(3)22(27)25-7-9-31(28,29)10-8-25/h4-6,11-13,17H,7-10,14H2,1-3H3,(H,24,26). The largest absolute Gasteiger partial charge is 0.488 e. The number of carbonyl (C=O) groups excluding carboxylic acids is 2. The molecule has 166 valence electrons.